The van der Waals surface area contributed by atoms with Gasteiger partial charge in [-0.1, -0.05) is 45.6 Å². The number of ether oxygens (including phenoxy) is 2. The van der Waals surface area contributed by atoms with Gasteiger partial charge in [-0.15, -0.1) is 0 Å². The van der Waals surface area contributed by atoms with Gasteiger partial charge in [-0.3, -0.25) is 9.59 Å². The normalized spacial score (nSPS) is 11.9. The molecule has 1 aromatic rings. The second kappa shape index (κ2) is 13.9. The maximum Gasteiger partial charge on any atom is 0.311 e. The molecule has 29 heavy (non-hydrogen) atoms. The van der Waals surface area contributed by atoms with Crippen molar-refractivity contribution in [1.29, 1.82) is 0 Å². The number of hydrogen-bond donors (Lipinski definition) is 1. The van der Waals surface area contributed by atoms with Gasteiger partial charge in [0.1, 0.15) is 6.29 Å². The molecule has 6 heteroatoms. The van der Waals surface area contributed by atoms with Gasteiger partial charge >= 0.3 is 11.9 Å². The average molecular weight is 406 g/mol. The topological polar surface area (TPSA) is 81.7 Å². The van der Waals surface area contributed by atoms with Crippen LogP contribution in [-0.4, -0.2) is 24.3 Å². The van der Waals surface area contributed by atoms with Crippen LogP contribution < -0.4 is 14.8 Å². The van der Waals surface area contributed by atoms with E-state index in [4.69, 9.17) is 9.47 Å². The lowest BCUT2D eigenvalue weighted by molar-refractivity contribution is -0.137. The van der Waals surface area contributed by atoms with Crippen LogP contribution >= 0.6 is 0 Å². The highest BCUT2D eigenvalue weighted by atomic mass is 16.6. The average Bonchev–Trinajstić information content (AvgIpc) is 2.67. The molecule has 1 aromatic carbocycles. The minimum absolute atomic E-state index is 0.0984. The van der Waals surface area contributed by atoms with Crippen LogP contribution in [0.5, 0.6) is 11.5 Å². The Hall–Kier alpha value is -2.21. The first-order valence-corrected chi connectivity index (χ1v) is 10.7. The second-order valence-corrected chi connectivity index (χ2v) is 7.50. The molecule has 0 saturated heterocycles. The molecule has 0 aliphatic rings. The molecule has 0 aromatic heterocycles. The van der Waals surface area contributed by atoms with Crippen LogP contribution in [0.15, 0.2) is 18.2 Å². The molecule has 0 saturated carbocycles. The van der Waals surface area contributed by atoms with Crippen molar-refractivity contribution in [3.05, 3.63) is 23.8 Å². The molecule has 0 radical (unpaired) electrons. The molecule has 0 aliphatic carbocycles. The van der Waals surface area contributed by atoms with Crippen LogP contribution in [0.3, 0.4) is 0 Å². The molecule has 0 amide bonds. The highest BCUT2D eigenvalue weighted by Crippen LogP contribution is 2.31. The number of aldehydes is 1. The van der Waals surface area contributed by atoms with E-state index >= 15 is 0 Å². The van der Waals surface area contributed by atoms with E-state index < -0.39 is 6.04 Å². The number of carbonyl (C=O) groups excluding carboxylic acids is 3. The summed E-state index contributed by atoms with van der Waals surface area (Å²) in [5.74, 6) is -0.362. The molecular formula is C23H35NO5. The van der Waals surface area contributed by atoms with Gasteiger partial charge in [-0.25, -0.2) is 0 Å². The molecule has 0 bridgehead atoms. The van der Waals surface area contributed by atoms with Gasteiger partial charge in [-0.2, -0.15) is 0 Å². The van der Waals surface area contributed by atoms with Gasteiger partial charge in [-0.05, 0) is 44.4 Å². The zero-order chi connectivity index (χ0) is 21.6. The standard InChI is InChI=1S/C23H35NO5/c1-5-7-9-11-22(26)28-20-14-13-18(19(16-25)24-17(3)4)15-21(20)29-23(27)12-10-8-6-2/h13-17,19,24H,5-12H2,1-4H3. The van der Waals surface area contributed by atoms with Crippen LogP contribution in [-0.2, 0) is 14.4 Å². The molecule has 1 rings (SSSR count). The quantitative estimate of drug-likeness (QED) is 0.205. The van der Waals surface area contributed by atoms with Gasteiger partial charge < -0.3 is 19.6 Å². The number of nitrogens with one attached hydrogen (secondary N) is 1. The third kappa shape index (κ3) is 9.70. The summed E-state index contributed by atoms with van der Waals surface area (Å²) < 4.78 is 10.9. The Morgan fingerprint density at radius 1 is 0.931 bits per heavy atom. The van der Waals surface area contributed by atoms with E-state index in [1.165, 1.54) is 0 Å². The molecule has 0 aliphatic heterocycles. The summed E-state index contributed by atoms with van der Waals surface area (Å²) in [5, 5.41) is 3.15. The summed E-state index contributed by atoms with van der Waals surface area (Å²) >= 11 is 0. The van der Waals surface area contributed by atoms with Crippen LogP contribution in [0.2, 0.25) is 0 Å². The summed E-state index contributed by atoms with van der Waals surface area (Å²) in [4.78, 5) is 35.8. The molecule has 162 valence electrons. The molecule has 0 fully saturated rings. The Balaban J connectivity index is 3.00. The molecular weight excluding hydrogens is 370 g/mol. The SMILES string of the molecule is CCCCCC(=O)Oc1ccc(C(C=O)NC(C)C)cc1OC(=O)CCCCC. The molecule has 0 heterocycles. The van der Waals surface area contributed by atoms with Crippen molar-refractivity contribution in [1.82, 2.24) is 5.32 Å². The van der Waals surface area contributed by atoms with Gasteiger partial charge in [0.05, 0.1) is 6.04 Å². The van der Waals surface area contributed by atoms with Crippen LogP contribution in [0.25, 0.3) is 0 Å². The van der Waals surface area contributed by atoms with Crippen molar-refractivity contribution in [2.75, 3.05) is 0 Å². The summed E-state index contributed by atoms with van der Waals surface area (Å²) in [6.45, 7) is 8.01. The Morgan fingerprint density at radius 2 is 1.48 bits per heavy atom. The molecule has 1 atom stereocenters. The largest absolute Gasteiger partial charge is 0.423 e. The van der Waals surface area contributed by atoms with Gasteiger partial charge in [0.2, 0.25) is 0 Å². The van der Waals surface area contributed by atoms with E-state index in [0.717, 1.165) is 44.8 Å². The highest BCUT2D eigenvalue weighted by Gasteiger charge is 2.18. The predicted molar refractivity (Wildman–Crippen MR) is 113 cm³/mol. The van der Waals surface area contributed by atoms with Crippen molar-refractivity contribution in [3.63, 3.8) is 0 Å². The molecule has 6 nitrogen and oxygen atoms in total. The van der Waals surface area contributed by atoms with Crippen LogP contribution in [0, 0.1) is 0 Å². The third-order valence-corrected chi connectivity index (χ3v) is 4.39. The summed E-state index contributed by atoms with van der Waals surface area (Å²) in [7, 11) is 0. The Labute approximate surface area is 174 Å². The van der Waals surface area contributed by atoms with Crippen molar-refractivity contribution < 1.29 is 23.9 Å². The van der Waals surface area contributed by atoms with E-state index in [1.807, 2.05) is 13.8 Å². The fraction of sp³-hybridized carbons (Fsp3) is 0.609. The van der Waals surface area contributed by atoms with Crippen LogP contribution in [0.4, 0.5) is 0 Å². The van der Waals surface area contributed by atoms with E-state index in [0.29, 0.717) is 18.4 Å². The predicted octanol–water partition coefficient (Wildman–Crippen LogP) is 4.90. The molecule has 1 unspecified atom stereocenters. The van der Waals surface area contributed by atoms with E-state index in [-0.39, 0.29) is 29.5 Å². The Morgan fingerprint density at radius 3 is 1.97 bits per heavy atom. The maximum atomic E-state index is 12.2. The fourth-order valence-corrected chi connectivity index (χ4v) is 2.84. The van der Waals surface area contributed by atoms with Crippen molar-refractivity contribution in [2.24, 2.45) is 0 Å². The molecule has 0 spiro atoms. The fourth-order valence-electron chi connectivity index (χ4n) is 2.84. The lowest BCUT2D eigenvalue weighted by atomic mass is 10.1. The summed E-state index contributed by atoms with van der Waals surface area (Å²) in [6.07, 6.45) is 6.82. The van der Waals surface area contributed by atoms with E-state index in [2.05, 4.69) is 19.2 Å². The smallest absolute Gasteiger partial charge is 0.311 e. The first-order chi connectivity index (χ1) is 13.9. The molecule has 1 N–H and O–H groups in total. The number of unbranched alkanes of at least 4 members (excludes halogenated alkanes) is 4. The Bertz CT molecular complexity index is 657. The van der Waals surface area contributed by atoms with E-state index in [9.17, 15) is 14.4 Å². The van der Waals surface area contributed by atoms with Crippen LogP contribution in [0.1, 0.15) is 90.7 Å². The zero-order valence-electron chi connectivity index (χ0n) is 18.2. The first-order valence-electron chi connectivity index (χ1n) is 10.7. The lowest BCUT2D eigenvalue weighted by Crippen LogP contribution is -2.29. The maximum absolute atomic E-state index is 12.2. The van der Waals surface area contributed by atoms with Gasteiger partial charge in [0, 0.05) is 18.9 Å². The van der Waals surface area contributed by atoms with Crippen molar-refractivity contribution in [3.8, 4) is 11.5 Å². The number of hydrogen-bond acceptors (Lipinski definition) is 6. The number of rotatable bonds is 14. The van der Waals surface area contributed by atoms with Crippen molar-refractivity contribution >= 4 is 18.2 Å². The van der Waals surface area contributed by atoms with E-state index in [1.54, 1.807) is 18.2 Å². The summed E-state index contributed by atoms with van der Waals surface area (Å²) in [5.41, 5.74) is 0.649. The third-order valence-electron chi connectivity index (χ3n) is 4.39. The Kier molecular flexibility index (Phi) is 11.9. The van der Waals surface area contributed by atoms with Gasteiger partial charge in [0.15, 0.2) is 11.5 Å². The first kappa shape index (κ1) is 24.8. The number of carbonyl (C=O) groups is 3. The number of esters is 2. The lowest BCUT2D eigenvalue weighted by Gasteiger charge is -2.18. The van der Waals surface area contributed by atoms with Crippen molar-refractivity contribution in [2.45, 2.75) is 91.1 Å². The highest BCUT2D eigenvalue weighted by molar-refractivity contribution is 5.76. The monoisotopic (exact) mass is 405 g/mol. The minimum Gasteiger partial charge on any atom is -0.423 e. The number of benzene rings is 1. The second-order valence-electron chi connectivity index (χ2n) is 7.50. The minimum atomic E-state index is -0.540. The van der Waals surface area contributed by atoms with Gasteiger partial charge in [0.25, 0.3) is 0 Å². The summed E-state index contributed by atoms with van der Waals surface area (Å²) in [6, 6.07) is 4.45. The zero-order valence-corrected chi connectivity index (χ0v) is 18.2.